The van der Waals surface area contributed by atoms with Crippen molar-refractivity contribution in [3.8, 4) is 22.4 Å². The van der Waals surface area contributed by atoms with Crippen molar-refractivity contribution in [1.29, 1.82) is 0 Å². The topological polar surface area (TPSA) is 72.7 Å². The van der Waals surface area contributed by atoms with Gasteiger partial charge < -0.3 is 5.32 Å². The largest absolute Gasteiger partial charge is 0.313 e. The minimum absolute atomic E-state index is 0.134. The Kier molecular flexibility index (Phi) is 5.50. The third kappa shape index (κ3) is 3.82. The number of carbonyl (C=O) groups excluding carboxylic acids is 1. The van der Waals surface area contributed by atoms with E-state index in [-0.39, 0.29) is 18.1 Å². The number of aromatic nitrogens is 4. The Morgan fingerprint density at radius 1 is 1.15 bits per heavy atom. The Morgan fingerprint density at radius 3 is 2.61 bits per heavy atom. The molecule has 33 heavy (non-hydrogen) atoms. The van der Waals surface area contributed by atoms with E-state index in [0.717, 1.165) is 44.4 Å². The van der Waals surface area contributed by atoms with Crippen LogP contribution in [0.25, 0.3) is 33.3 Å². The zero-order valence-electron chi connectivity index (χ0n) is 19.0. The van der Waals surface area contributed by atoms with Gasteiger partial charge in [0.15, 0.2) is 5.78 Å². The summed E-state index contributed by atoms with van der Waals surface area (Å²) in [7, 11) is 1.88. The van der Waals surface area contributed by atoms with Crippen LogP contribution in [0.3, 0.4) is 0 Å². The van der Waals surface area contributed by atoms with E-state index in [1.54, 1.807) is 23.3 Å². The standard InChI is InChI=1S/C26H26FN5O/c1-15-10-22-26(16(2)25(15)17-4-7-28-8-5-17)19(23-6-9-30-32(23)3)12-21(31-22)24(33)11-18-13-29-14-20(18)27/h4-10,12,18,20,29H,11,13-14H2,1-3H3/t18-,20+/m1/s1. The number of nitrogens with one attached hydrogen (secondary N) is 1. The van der Waals surface area contributed by atoms with E-state index in [1.807, 2.05) is 37.4 Å². The molecule has 1 aromatic carbocycles. The first-order chi connectivity index (χ1) is 15.9. The van der Waals surface area contributed by atoms with Crippen molar-refractivity contribution >= 4 is 16.7 Å². The van der Waals surface area contributed by atoms with Gasteiger partial charge in [0.05, 0.1) is 11.2 Å². The number of carbonyl (C=O) groups is 1. The number of nitrogens with zero attached hydrogens (tertiary/aromatic N) is 4. The Hall–Kier alpha value is -3.45. The monoisotopic (exact) mass is 443 g/mol. The molecule has 1 aliphatic heterocycles. The minimum atomic E-state index is -1.00. The third-order valence-corrected chi connectivity index (χ3v) is 6.60. The molecular formula is C26H26FN5O. The molecular weight excluding hydrogens is 417 g/mol. The maximum atomic E-state index is 14.1. The number of Topliss-reactive ketones (excluding diaryl/α,β-unsaturated/α-hetero) is 1. The highest BCUT2D eigenvalue weighted by Gasteiger charge is 2.30. The van der Waals surface area contributed by atoms with Crippen molar-refractivity contribution in [3.63, 3.8) is 0 Å². The van der Waals surface area contributed by atoms with Crippen molar-refractivity contribution in [2.45, 2.75) is 26.4 Å². The second-order valence-corrected chi connectivity index (χ2v) is 8.78. The van der Waals surface area contributed by atoms with Crippen molar-refractivity contribution in [2.75, 3.05) is 13.1 Å². The second-order valence-electron chi connectivity index (χ2n) is 8.78. The van der Waals surface area contributed by atoms with Gasteiger partial charge in [0, 0.05) is 62.0 Å². The van der Waals surface area contributed by atoms with Crippen molar-refractivity contribution in [3.05, 3.63) is 65.7 Å². The van der Waals surface area contributed by atoms with Gasteiger partial charge in [-0.05, 0) is 66.4 Å². The molecule has 3 aromatic heterocycles. The third-order valence-electron chi connectivity index (χ3n) is 6.60. The highest BCUT2D eigenvalue weighted by atomic mass is 19.1. The van der Waals surface area contributed by atoms with Crippen molar-refractivity contribution in [2.24, 2.45) is 13.0 Å². The molecule has 168 valence electrons. The molecule has 0 bridgehead atoms. The number of rotatable bonds is 5. The van der Waals surface area contributed by atoms with Crippen molar-refractivity contribution in [1.82, 2.24) is 25.1 Å². The lowest BCUT2D eigenvalue weighted by molar-refractivity contribution is 0.0941. The Labute approximate surface area is 191 Å². The smallest absolute Gasteiger partial charge is 0.181 e. The molecule has 4 heterocycles. The molecule has 0 amide bonds. The van der Waals surface area contributed by atoms with E-state index in [2.05, 4.69) is 29.2 Å². The molecule has 5 rings (SSSR count). The first-order valence-corrected chi connectivity index (χ1v) is 11.2. The molecule has 1 fully saturated rings. The summed E-state index contributed by atoms with van der Waals surface area (Å²) in [6, 6.07) is 9.81. The average Bonchev–Trinajstić information content (AvgIpc) is 3.41. The normalized spacial score (nSPS) is 18.2. The SMILES string of the molecule is Cc1cc2nc(C(=O)C[C@@H]3CNC[C@@H]3F)cc(-c3ccnn3C)c2c(C)c1-c1ccncc1. The molecule has 1 aliphatic rings. The molecule has 0 aliphatic carbocycles. The van der Waals surface area contributed by atoms with Gasteiger partial charge >= 0.3 is 0 Å². The lowest BCUT2D eigenvalue weighted by Crippen LogP contribution is -2.18. The summed E-state index contributed by atoms with van der Waals surface area (Å²) in [6.45, 7) is 4.97. The first kappa shape index (κ1) is 21.4. The Bertz CT molecular complexity index is 1350. The van der Waals surface area contributed by atoms with Gasteiger partial charge in [-0.3, -0.25) is 14.5 Å². The molecule has 1 saturated heterocycles. The summed E-state index contributed by atoms with van der Waals surface area (Å²) in [4.78, 5) is 22.1. The number of aryl methyl sites for hydroxylation is 3. The van der Waals surface area contributed by atoms with E-state index in [1.165, 1.54) is 0 Å². The van der Waals surface area contributed by atoms with Crippen LogP contribution >= 0.6 is 0 Å². The van der Waals surface area contributed by atoms with E-state index in [9.17, 15) is 9.18 Å². The molecule has 6 nitrogen and oxygen atoms in total. The maximum Gasteiger partial charge on any atom is 0.181 e. The van der Waals surface area contributed by atoms with Crippen LogP contribution < -0.4 is 5.32 Å². The number of hydrogen-bond acceptors (Lipinski definition) is 5. The summed E-state index contributed by atoms with van der Waals surface area (Å²) < 4.78 is 15.9. The van der Waals surface area contributed by atoms with Crippen LogP contribution in [-0.4, -0.2) is 44.8 Å². The predicted molar refractivity (Wildman–Crippen MR) is 127 cm³/mol. The fourth-order valence-electron chi connectivity index (χ4n) is 4.95. The molecule has 0 saturated carbocycles. The van der Waals surface area contributed by atoms with Gasteiger partial charge in [0.2, 0.25) is 0 Å². The van der Waals surface area contributed by atoms with Crippen molar-refractivity contribution < 1.29 is 9.18 Å². The van der Waals surface area contributed by atoms with E-state index >= 15 is 0 Å². The van der Waals surface area contributed by atoms with Gasteiger partial charge in [-0.15, -0.1) is 0 Å². The summed E-state index contributed by atoms with van der Waals surface area (Å²) >= 11 is 0. The van der Waals surface area contributed by atoms with Gasteiger partial charge in [-0.25, -0.2) is 9.37 Å². The van der Waals surface area contributed by atoms with E-state index in [0.29, 0.717) is 18.8 Å². The van der Waals surface area contributed by atoms with Crippen LogP contribution in [0.5, 0.6) is 0 Å². The van der Waals surface area contributed by atoms with Crippen LogP contribution in [0.2, 0.25) is 0 Å². The molecule has 1 N–H and O–H groups in total. The summed E-state index contributed by atoms with van der Waals surface area (Å²) in [5.74, 6) is -0.446. The number of pyridine rings is 2. The molecule has 2 atom stereocenters. The molecule has 4 aromatic rings. The number of ketones is 1. The van der Waals surface area contributed by atoms with E-state index in [4.69, 9.17) is 4.98 Å². The van der Waals surface area contributed by atoms with Crippen LogP contribution in [0.1, 0.15) is 28.0 Å². The Morgan fingerprint density at radius 2 is 1.94 bits per heavy atom. The number of alkyl halides is 1. The molecule has 0 radical (unpaired) electrons. The first-order valence-electron chi connectivity index (χ1n) is 11.2. The zero-order valence-corrected chi connectivity index (χ0v) is 19.0. The lowest BCUT2D eigenvalue weighted by atomic mass is 9.89. The van der Waals surface area contributed by atoms with Crippen LogP contribution in [-0.2, 0) is 7.05 Å². The average molecular weight is 444 g/mol. The summed E-state index contributed by atoms with van der Waals surface area (Å²) in [5, 5.41) is 8.35. The van der Waals surface area contributed by atoms with Crippen LogP contribution in [0, 0.1) is 19.8 Å². The van der Waals surface area contributed by atoms with Crippen LogP contribution in [0.15, 0.2) is 48.9 Å². The number of fused-ring (bicyclic) bond motifs is 1. The lowest BCUT2D eigenvalue weighted by Gasteiger charge is -2.18. The van der Waals surface area contributed by atoms with Gasteiger partial charge in [0.25, 0.3) is 0 Å². The minimum Gasteiger partial charge on any atom is -0.313 e. The fraction of sp³-hybridized carbons (Fsp3) is 0.308. The van der Waals surface area contributed by atoms with Gasteiger partial charge in [-0.2, -0.15) is 5.10 Å². The number of halogens is 1. The second kappa shape index (κ2) is 8.48. The predicted octanol–water partition coefficient (Wildman–Crippen LogP) is 4.44. The fourth-order valence-corrected chi connectivity index (χ4v) is 4.95. The van der Waals surface area contributed by atoms with E-state index < -0.39 is 6.17 Å². The summed E-state index contributed by atoms with van der Waals surface area (Å²) in [6.07, 6.45) is 4.46. The highest BCUT2D eigenvalue weighted by Crippen LogP contribution is 2.38. The van der Waals surface area contributed by atoms with Gasteiger partial charge in [-0.1, -0.05) is 0 Å². The zero-order chi connectivity index (χ0) is 23.1. The Balaban J connectivity index is 1.71. The maximum absolute atomic E-state index is 14.1. The number of hydrogen-bond donors (Lipinski definition) is 1. The molecule has 7 heteroatoms. The van der Waals surface area contributed by atoms with Crippen LogP contribution in [0.4, 0.5) is 4.39 Å². The number of benzene rings is 1. The molecule has 0 unspecified atom stereocenters. The van der Waals surface area contributed by atoms with Gasteiger partial charge in [0.1, 0.15) is 11.9 Å². The summed E-state index contributed by atoms with van der Waals surface area (Å²) in [5.41, 5.74) is 7.30. The molecule has 0 spiro atoms. The quantitative estimate of drug-likeness (QED) is 0.462. The highest BCUT2D eigenvalue weighted by molar-refractivity contribution is 6.05.